The summed E-state index contributed by atoms with van der Waals surface area (Å²) in [5.41, 5.74) is 3.77. The van der Waals surface area contributed by atoms with Crippen molar-refractivity contribution >= 4 is 17.4 Å². The monoisotopic (exact) mass is 386 g/mol. The average molecular weight is 387 g/mol. The van der Waals surface area contributed by atoms with Crippen LogP contribution < -0.4 is 9.47 Å². The van der Waals surface area contributed by atoms with Gasteiger partial charge in [0.2, 0.25) is 0 Å². The normalized spacial score (nSPS) is 12.7. The van der Waals surface area contributed by atoms with E-state index in [-0.39, 0.29) is 12.5 Å². The van der Waals surface area contributed by atoms with Gasteiger partial charge >= 0.3 is 0 Å². The predicted molar refractivity (Wildman–Crippen MR) is 108 cm³/mol. The Balaban J connectivity index is 2.03. The molecule has 0 atom stereocenters. The highest BCUT2D eigenvalue weighted by Gasteiger charge is 2.24. The van der Waals surface area contributed by atoms with Crippen molar-refractivity contribution in [2.75, 3.05) is 13.9 Å². The van der Waals surface area contributed by atoms with Crippen molar-refractivity contribution in [1.29, 1.82) is 0 Å². The van der Waals surface area contributed by atoms with Crippen molar-refractivity contribution < 1.29 is 19.3 Å². The van der Waals surface area contributed by atoms with Gasteiger partial charge < -0.3 is 19.3 Å². The molecular formula is C22H23ClO4. The zero-order valence-electron chi connectivity index (χ0n) is 15.7. The van der Waals surface area contributed by atoms with Crippen molar-refractivity contribution in [3.05, 3.63) is 69.8 Å². The minimum Gasteiger partial charge on any atom is -0.507 e. The van der Waals surface area contributed by atoms with E-state index < -0.39 is 0 Å². The Bertz CT molecular complexity index is 878. The number of aromatic hydroxyl groups is 1. The summed E-state index contributed by atoms with van der Waals surface area (Å²) < 4.78 is 17.0. The summed E-state index contributed by atoms with van der Waals surface area (Å²) in [6.07, 6.45) is 5.28. The molecule has 0 aliphatic carbocycles. The minimum atomic E-state index is 0.0972. The van der Waals surface area contributed by atoms with Gasteiger partial charge in [0.05, 0.1) is 0 Å². The van der Waals surface area contributed by atoms with Gasteiger partial charge in [0.1, 0.15) is 23.0 Å². The molecule has 0 saturated carbocycles. The lowest BCUT2D eigenvalue weighted by atomic mass is 9.97. The number of hydrogen-bond donors (Lipinski definition) is 1. The maximum Gasteiger partial charge on any atom is 0.188 e. The fourth-order valence-corrected chi connectivity index (χ4v) is 3.04. The van der Waals surface area contributed by atoms with E-state index in [9.17, 15) is 5.11 Å². The van der Waals surface area contributed by atoms with Gasteiger partial charge in [0.25, 0.3) is 0 Å². The summed E-state index contributed by atoms with van der Waals surface area (Å²) in [6.45, 7) is 4.19. The molecule has 0 radical (unpaired) electrons. The van der Waals surface area contributed by atoms with Gasteiger partial charge in [-0.1, -0.05) is 23.3 Å². The van der Waals surface area contributed by atoms with Crippen LogP contribution in [0.5, 0.6) is 17.2 Å². The summed E-state index contributed by atoms with van der Waals surface area (Å²) in [6, 6.07) is 9.13. The second-order valence-electron chi connectivity index (χ2n) is 6.60. The van der Waals surface area contributed by atoms with Crippen molar-refractivity contribution in [3.63, 3.8) is 0 Å². The molecule has 142 valence electrons. The molecule has 2 aromatic rings. The van der Waals surface area contributed by atoms with E-state index in [0.717, 1.165) is 22.4 Å². The van der Waals surface area contributed by atoms with Gasteiger partial charge in [-0.3, -0.25) is 0 Å². The van der Waals surface area contributed by atoms with E-state index in [1.165, 1.54) is 5.57 Å². The third-order valence-electron chi connectivity index (χ3n) is 4.30. The van der Waals surface area contributed by atoms with Crippen LogP contribution in [0.4, 0.5) is 0 Å². The highest BCUT2D eigenvalue weighted by Crippen LogP contribution is 2.44. The molecule has 1 aliphatic heterocycles. The molecule has 1 heterocycles. The molecule has 1 N–H and O–H groups in total. The molecule has 5 heteroatoms. The Morgan fingerprint density at radius 3 is 2.67 bits per heavy atom. The molecule has 2 aromatic carbocycles. The topological polar surface area (TPSA) is 47.9 Å². The third kappa shape index (κ3) is 4.46. The first kappa shape index (κ1) is 19.3. The van der Waals surface area contributed by atoms with Gasteiger partial charge in [-0.05, 0) is 50.6 Å². The second kappa shape index (κ2) is 8.51. The SMILES string of the molecule is COCOc1cc(O)c2c(c1CC=C(C)C)OC(c1ccc(Cl)cc1)=CC2. The summed E-state index contributed by atoms with van der Waals surface area (Å²) in [7, 11) is 1.56. The number of allylic oxidation sites excluding steroid dienone is 3. The Hall–Kier alpha value is -2.43. The lowest BCUT2D eigenvalue weighted by Crippen LogP contribution is -2.10. The van der Waals surface area contributed by atoms with E-state index in [1.54, 1.807) is 13.2 Å². The third-order valence-corrected chi connectivity index (χ3v) is 4.55. The zero-order valence-corrected chi connectivity index (χ0v) is 16.5. The first-order valence-electron chi connectivity index (χ1n) is 8.76. The molecule has 0 bridgehead atoms. The number of halogens is 1. The van der Waals surface area contributed by atoms with Crippen LogP contribution in [0.25, 0.3) is 5.76 Å². The molecule has 0 aromatic heterocycles. The lowest BCUT2D eigenvalue weighted by Gasteiger charge is -2.24. The van der Waals surface area contributed by atoms with Crippen LogP contribution in [0.1, 0.15) is 30.5 Å². The van der Waals surface area contributed by atoms with E-state index in [0.29, 0.717) is 29.4 Å². The smallest absolute Gasteiger partial charge is 0.188 e. The van der Waals surface area contributed by atoms with E-state index >= 15 is 0 Å². The summed E-state index contributed by atoms with van der Waals surface area (Å²) in [5.74, 6) is 2.10. The van der Waals surface area contributed by atoms with E-state index in [1.807, 2.05) is 44.2 Å². The van der Waals surface area contributed by atoms with Crippen LogP contribution in [-0.4, -0.2) is 19.0 Å². The number of hydrogen-bond acceptors (Lipinski definition) is 4. The fourth-order valence-electron chi connectivity index (χ4n) is 2.92. The standard InChI is InChI=1S/C22H23ClO4/c1-14(2)4-9-18-21(26-13-25-3)12-19(24)17-10-11-20(27-22(17)18)15-5-7-16(23)8-6-15/h4-8,11-12,24H,9-10,13H2,1-3H3. The number of phenols is 1. The molecule has 3 rings (SSSR count). The first-order chi connectivity index (χ1) is 13.0. The summed E-state index contributed by atoms with van der Waals surface area (Å²) >= 11 is 5.99. The van der Waals surface area contributed by atoms with Crippen LogP contribution >= 0.6 is 11.6 Å². The molecule has 0 saturated heterocycles. The fraction of sp³-hybridized carbons (Fsp3) is 0.273. The summed E-state index contributed by atoms with van der Waals surface area (Å²) in [5, 5.41) is 11.1. The lowest BCUT2D eigenvalue weighted by molar-refractivity contribution is 0.0502. The largest absolute Gasteiger partial charge is 0.507 e. The molecular weight excluding hydrogens is 364 g/mol. The molecule has 0 spiro atoms. The average Bonchev–Trinajstić information content (AvgIpc) is 2.65. The molecule has 4 nitrogen and oxygen atoms in total. The van der Waals surface area contributed by atoms with Crippen molar-refractivity contribution in [2.24, 2.45) is 0 Å². The highest BCUT2D eigenvalue weighted by molar-refractivity contribution is 6.30. The Morgan fingerprint density at radius 1 is 1.26 bits per heavy atom. The molecule has 0 amide bonds. The van der Waals surface area contributed by atoms with Crippen LogP contribution in [0.15, 0.2) is 48.1 Å². The highest BCUT2D eigenvalue weighted by atomic mass is 35.5. The maximum absolute atomic E-state index is 10.5. The summed E-state index contributed by atoms with van der Waals surface area (Å²) in [4.78, 5) is 0. The minimum absolute atomic E-state index is 0.0972. The Labute approximate surface area is 164 Å². The van der Waals surface area contributed by atoms with Gasteiger partial charge in [0, 0.05) is 41.3 Å². The number of benzene rings is 2. The Kier molecular flexibility index (Phi) is 6.09. The van der Waals surface area contributed by atoms with Gasteiger partial charge in [-0.25, -0.2) is 0 Å². The first-order valence-corrected chi connectivity index (χ1v) is 9.14. The number of ether oxygens (including phenoxy) is 3. The number of rotatable bonds is 6. The number of phenolic OH excluding ortho intramolecular Hbond substituents is 1. The molecule has 27 heavy (non-hydrogen) atoms. The van der Waals surface area contributed by atoms with Crippen LogP contribution in [0, 0.1) is 0 Å². The number of fused-ring (bicyclic) bond motifs is 1. The molecule has 1 aliphatic rings. The van der Waals surface area contributed by atoms with E-state index in [2.05, 4.69) is 6.08 Å². The van der Waals surface area contributed by atoms with Crippen molar-refractivity contribution in [1.82, 2.24) is 0 Å². The van der Waals surface area contributed by atoms with Gasteiger partial charge in [0.15, 0.2) is 6.79 Å². The zero-order chi connectivity index (χ0) is 19.4. The van der Waals surface area contributed by atoms with Gasteiger partial charge in [-0.15, -0.1) is 0 Å². The van der Waals surface area contributed by atoms with Crippen molar-refractivity contribution in [3.8, 4) is 17.2 Å². The van der Waals surface area contributed by atoms with Crippen molar-refractivity contribution in [2.45, 2.75) is 26.7 Å². The van der Waals surface area contributed by atoms with Crippen LogP contribution in [-0.2, 0) is 17.6 Å². The second-order valence-corrected chi connectivity index (χ2v) is 7.03. The molecule has 0 fully saturated rings. The predicted octanol–water partition coefficient (Wildman–Crippen LogP) is 5.51. The quantitative estimate of drug-likeness (QED) is 0.525. The maximum atomic E-state index is 10.5. The van der Waals surface area contributed by atoms with Crippen LogP contribution in [0.3, 0.4) is 0 Å². The van der Waals surface area contributed by atoms with E-state index in [4.69, 9.17) is 25.8 Å². The molecule has 0 unspecified atom stereocenters. The van der Waals surface area contributed by atoms with Gasteiger partial charge in [-0.2, -0.15) is 0 Å². The number of methoxy groups -OCH3 is 1. The Morgan fingerprint density at radius 2 is 2.00 bits per heavy atom. The van der Waals surface area contributed by atoms with Crippen LogP contribution in [0.2, 0.25) is 5.02 Å².